The molecule has 10 heteroatoms. The van der Waals surface area contributed by atoms with Crippen molar-refractivity contribution in [3.05, 3.63) is 35.7 Å². The molecule has 1 saturated carbocycles. The van der Waals surface area contributed by atoms with E-state index < -0.39 is 16.1 Å². The van der Waals surface area contributed by atoms with Gasteiger partial charge in [-0.2, -0.15) is 5.26 Å². The molecule has 3 aliphatic rings. The summed E-state index contributed by atoms with van der Waals surface area (Å²) in [5.41, 5.74) is 5.96. The number of rotatable bonds is 5. The standard InChI is InChI=1S/C18H21N7O2S/c1-11-3-4-13(7-15(11)24-28(2,26)27)22-17-8-16(21-12-5-6-12)18-20-10-14(9-19)25(18)23-17/h3-4,7-8,12,14,22-24H,5-6,10H2,1-2H3. The monoisotopic (exact) mass is 399 g/mol. The van der Waals surface area contributed by atoms with E-state index in [1.165, 1.54) is 0 Å². The Bertz CT molecular complexity index is 1050. The van der Waals surface area contributed by atoms with Gasteiger partial charge in [0.05, 0.1) is 30.6 Å². The van der Waals surface area contributed by atoms with Gasteiger partial charge in [0.2, 0.25) is 10.0 Å². The van der Waals surface area contributed by atoms with Crippen LogP contribution in [0.25, 0.3) is 0 Å². The molecule has 2 heterocycles. The third kappa shape index (κ3) is 3.94. The van der Waals surface area contributed by atoms with Crippen LogP contribution in [0.1, 0.15) is 18.4 Å². The number of nitrogens with one attached hydrogen (secondary N) is 3. The molecule has 2 aliphatic heterocycles. The SMILES string of the molecule is Cc1ccc(NC2=CC(=NC3CC3)C3=NCC(C#N)N3N2)cc1NS(C)(=O)=O. The minimum atomic E-state index is -3.37. The first-order valence-electron chi connectivity index (χ1n) is 8.98. The number of hydrazine groups is 1. The second kappa shape index (κ2) is 6.83. The van der Waals surface area contributed by atoms with Crippen molar-refractivity contribution in [2.75, 3.05) is 22.8 Å². The van der Waals surface area contributed by atoms with Crippen molar-refractivity contribution in [3.63, 3.8) is 0 Å². The maximum atomic E-state index is 11.6. The van der Waals surface area contributed by atoms with Crippen molar-refractivity contribution in [2.24, 2.45) is 9.98 Å². The van der Waals surface area contributed by atoms with Crippen molar-refractivity contribution in [1.82, 2.24) is 10.4 Å². The molecule has 1 aromatic rings. The average Bonchev–Trinajstić information content (AvgIpc) is 3.33. The molecule has 28 heavy (non-hydrogen) atoms. The van der Waals surface area contributed by atoms with E-state index in [-0.39, 0.29) is 0 Å². The summed E-state index contributed by atoms with van der Waals surface area (Å²) in [5, 5.41) is 14.4. The van der Waals surface area contributed by atoms with Crippen molar-refractivity contribution < 1.29 is 8.42 Å². The Hall–Kier alpha value is -3.06. The van der Waals surface area contributed by atoms with Gasteiger partial charge < -0.3 is 5.32 Å². The molecule has 0 aromatic heterocycles. The molecule has 0 spiro atoms. The van der Waals surface area contributed by atoms with Gasteiger partial charge in [0.1, 0.15) is 11.5 Å². The van der Waals surface area contributed by atoms with E-state index in [1.54, 1.807) is 11.1 Å². The van der Waals surface area contributed by atoms with Crippen LogP contribution in [0.4, 0.5) is 11.4 Å². The topological polar surface area (TPSA) is 122 Å². The third-order valence-corrected chi connectivity index (χ3v) is 5.13. The zero-order valence-electron chi connectivity index (χ0n) is 15.6. The second-order valence-corrected chi connectivity index (χ2v) is 8.87. The third-order valence-electron chi connectivity index (χ3n) is 4.53. The fourth-order valence-corrected chi connectivity index (χ4v) is 3.62. The predicted molar refractivity (Wildman–Crippen MR) is 108 cm³/mol. The zero-order valence-corrected chi connectivity index (χ0v) is 16.4. The molecule has 9 nitrogen and oxygen atoms in total. The number of aryl methyl sites for hydroxylation is 1. The summed E-state index contributed by atoms with van der Waals surface area (Å²) in [6, 6.07) is 7.58. The fraction of sp³-hybridized carbons (Fsp3) is 0.389. The number of anilines is 2. The van der Waals surface area contributed by atoms with Crippen LogP contribution >= 0.6 is 0 Å². The summed E-state index contributed by atoms with van der Waals surface area (Å²) < 4.78 is 25.7. The van der Waals surface area contributed by atoms with E-state index >= 15 is 0 Å². The molecule has 4 rings (SSSR count). The van der Waals surface area contributed by atoms with Crippen LogP contribution in [-0.2, 0) is 10.0 Å². The van der Waals surface area contributed by atoms with E-state index in [1.807, 2.05) is 25.1 Å². The smallest absolute Gasteiger partial charge is 0.229 e. The molecule has 1 atom stereocenters. The van der Waals surface area contributed by atoms with Crippen LogP contribution < -0.4 is 15.5 Å². The highest BCUT2D eigenvalue weighted by molar-refractivity contribution is 7.92. The van der Waals surface area contributed by atoms with E-state index in [0.29, 0.717) is 35.6 Å². The summed E-state index contributed by atoms with van der Waals surface area (Å²) in [7, 11) is -3.37. The van der Waals surface area contributed by atoms with Gasteiger partial charge in [0.25, 0.3) is 0 Å². The highest BCUT2D eigenvalue weighted by Crippen LogP contribution is 2.27. The molecule has 1 fully saturated rings. The van der Waals surface area contributed by atoms with E-state index in [4.69, 9.17) is 4.99 Å². The Kier molecular flexibility index (Phi) is 4.47. The molecular formula is C18H21N7O2S. The maximum Gasteiger partial charge on any atom is 0.229 e. The van der Waals surface area contributed by atoms with Gasteiger partial charge in [-0.1, -0.05) is 6.07 Å². The van der Waals surface area contributed by atoms with Crippen LogP contribution in [0.5, 0.6) is 0 Å². The molecule has 3 N–H and O–H groups in total. The lowest BCUT2D eigenvalue weighted by molar-refractivity contribution is 0.328. The normalized spacial score (nSPS) is 22.7. The highest BCUT2D eigenvalue weighted by Gasteiger charge is 2.35. The number of amidine groups is 1. The summed E-state index contributed by atoms with van der Waals surface area (Å²) in [6.07, 6.45) is 5.13. The van der Waals surface area contributed by atoms with Gasteiger partial charge >= 0.3 is 0 Å². The minimum absolute atomic E-state index is 0.321. The lowest BCUT2D eigenvalue weighted by Crippen LogP contribution is -2.52. The molecule has 0 saturated heterocycles. The number of nitrogens with zero attached hydrogens (tertiary/aromatic N) is 4. The van der Waals surface area contributed by atoms with Gasteiger partial charge in [-0.05, 0) is 37.5 Å². The number of aliphatic imine (C=N–C) groups is 2. The molecule has 1 aromatic carbocycles. The van der Waals surface area contributed by atoms with Crippen LogP contribution in [0.15, 0.2) is 40.1 Å². The number of nitriles is 1. The Labute approximate surface area is 163 Å². The maximum absolute atomic E-state index is 11.6. The molecular weight excluding hydrogens is 378 g/mol. The van der Waals surface area contributed by atoms with Crippen LogP contribution in [-0.4, -0.2) is 49.9 Å². The van der Waals surface area contributed by atoms with E-state index in [0.717, 1.165) is 30.4 Å². The first-order chi connectivity index (χ1) is 13.3. The second-order valence-electron chi connectivity index (χ2n) is 7.12. The van der Waals surface area contributed by atoms with Crippen molar-refractivity contribution in [2.45, 2.75) is 31.8 Å². The van der Waals surface area contributed by atoms with Gasteiger partial charge in [-0.3, -0.25) is 20.1 Å². The van der Waals surface area contributed by atoms with Gasteiger partial charge in [-0.25, -0.2) is 13.4 Å². The molecule has 1 aliphatic carbocycles. The summed E-state index contributed by atoms with van der Waals surface area (Å²) in [5.74, 6) is 1.34. The van der Waals surface area contributed by atoms with Crippen LogP contribution in [0, 0.1) is 18.3 Å². The Balaban J connectivity index is 1.61. The summed E-state index contributed by atoms with van der Waals surface area (Å²) in [6.45, 7) is 2.23. The quantitative estimate of drug-likeness (QED) is 0.687. The number of hydrogen-bond donors (Lipinski definition) is 3. The van der Waals surface area contributed by atoms with Crippen molar-refractivity contribution >= 4 is 32.9 Å². The Morgan fingerprint density at radius 2 is 2.18 bits per heavy atom. The van der Waals surface area contributed by atoms with Crippen LogP contribution in [0.2, 0.25) is 0 Å². The molecule has 0 radical (unpaired) electrons. The van der Waals surface area contributed by atoms with Crippen molar-refractivity contribution in [3.8, 4) is 6.07 Å². The Morgan fingerprint density at radius 3 is 2.86 bits per heavy atom. The Morgan fingerprint density at radius 1 is 1.39 bits per heavy atom. The lowest BCUT2D eigenvalue weighted by Gasteiger charge is -2.31. The molecule has 146 valence electrons. The lowest BCUT2D eigenvalue weighted by atomic mass is 10.2. The van der Waals surface area contributed by atoms with Crippen LogP contribution in [0.3, 0.4) is 0 Å². The number of sulfonamides is 1. The van der Waals surface area contributed by atoms with Gasteiger partial charge in [0.15, 0.2) is 11.9 Å². The van der Waals surface area contributed by atoms with Gasteiger partial charge in [-0.15, -0.1) is 0 Å². The summed E-state index contributed by atoms with van der Waals surface area (Å²) in [4.78, 5) is 9.18. The van der Waals surface area contributed by atoms with Crippen molar-refractivity contribution in [1.29, 1.82) is 5.26 Å². The zero-order chi connectivity index (χ0) is 19.9. The van der Waals surface area contributed by atoms with E-state index in [2.05, 4.69) is 26.5 Å². The van der Waals surface area contributed by atoms with Gasteiger partial charge in [0, 0.05) is 11.8 Å². The highest BCUT2D eigenvalue weighted by atomic mass is 32.2. The number of hydrogen-bond acceptors (Lipinski definition) is 8. The van der Waals surface area contributed by atoms with E-state index in [9.17, 15) is 13.7 Å². The molecule has 0 bridgehead atoms. The summed E-state index contributed by atoms with van der Waals surface area (Å²) >= 11 is 0. The predicted octanol–water partition coefficient (Wildman–Crippen LogP) is 1.35. The fourth-order valence-electron chi connectivity index (χ4n) is 3.00. The number of fused-ring (bicyclic) bond motifs is 1. The number of benzene rings is 1. The largest absolute Gasteiger partial charge is 0.341 e. The first kappa shape index (κ1) is 18.3. The average molecular weight is 399 g/mol. The molecule has 0 amide bonds. The minimum Gasteiger partial charge on any atom is -0.341 e. The molecule has 1 unspecified atom stereocenters. The first-order valence-corrected chi connectivity index (χ1v) is 10.9.